The van der Waals surface area contributed by atoms with Crippen LogP contribution in [0, 0.1) is 6.92 Å². The van der Waals surface area contributed by atoms with Crippen LogP contribution in [0.25, 0.3) is 0 Å². The summed E-state index contributed by atoms with van der Waals surface area (Å²) in [4.78, 5) is 0. The highest BCUT2D eigenvalue weighted by molar-refractivity contribution is 6.17. The lowest BCUT2D eigenvalue weighted by atomic mass is 9.99. The minimum Gasteiger partial charge on any atom is -0.127 e. The number of hydrogen-bond donors (Lipinski definition) is 0. The Morgan fingerprint density at radius 3 is 2.45 bits per heavy atom. The zero-order valence-electron chi connectivity index (χ0n) is 6.46. The predicted molar refractivity (Wildman–Crippen MR) is 49.9 cm³/mol. The van der Waals surface area contributed by atoms with Gasteiger partial charge in [-0.15, -0.1) is 11.6 Å². The molecule has 11 heavy (non-hydrogen) atoms. The minimum absolute atomic E-state index is 0.341. The second-order valence-electron chi connectivity index (χ2n) is 2.59. The third-order valence-corrected chi connectivity index (χ3v) is 1.95. The van der Waals surface area contributed by atoms with Crippen molar-refractivity contribution in [1.82, 2.24) is 0 Å². The van der Waals surface area contributed by atoms with Gasteiger partial charge in [-0.05, 0) is 24.8 Å². The van der Waals surface area contributed by atoms with Crippen molar-refractivity contribution >= 4 is 11.6 Å². The zero-order valence-corrected chi connectivity index (χ0v) is 7.22. The lowest BCUT2D eigenvalue weighted by Gasteiger charge is -2.08. The molecule has 1 aromatic rings. The van der Waals surface area contributed by atoms with E-state index in [4.69, 9.17) is 11.6 Å². The maximum atomic E-state index is 5.61. The molecule has 0 aliphatic heterocycles. The smallest absolute Gasteiger partial charge is 0.0229 e. The number of benzene rings is 1. The molecule has 1 aromatic carbocycles. The van der Waals surface area contributed by atoms with E-state index >= 15 is 0 Å². The minimum atomic E-state index is 0.341. The maximum absolute atomic E-state index is 5.61. The zero-order chi connectivity index (χ0) is 8.10. The van der Waals surface area contributed by atoms with E-state index in [0.717, 1.165) is 6.42 Å². The normalized spacial score (nSPS) is 12.9. The number of halogens is 1. The summed E-state index contributed by atoms with van der Waals surface area (Å²) in [6, 6.07) is 10.2. The topological polar surface area (TPSA) is 0 Å². The number of rotatable bonds is 3. The summed E-state index contributed by atoms with van der Waals surface area (Å²) in [5.74, 6) is 1.02. The van der Waals surface area contributed by atoms with Gasteiger partial charge in [0.15, 0.2) is 0 Å². The van der Waals surface area contributed by atoms with Crippen LogP contribution in [0.15, 0.2) is 30.3 Å². The van der Waals surface area contributed by atoms with E-state index in [2.05, 4.69) is 19.1 Å². The molecular formula is C10H12Cl. The van der Waals surface area contributed by atoms with Crippen molar-refractivity contribution in [3.05, 3.63) is 42.8 Å². The Bertz CT molecular complexity index is 193. The van der Waals surface area contributed by atoms with Gasteiger partial charge in [-0.25, -0.2) is 0 Å². The highest BCUT2D eigenvalue weighted by Crippen LogP contribution is 2.17. The summed E-state index contributed by atoms with van der Waals surface area (Å²) < 4.78 is 0. The number of hydrogen-bond acceptors (Lipinski definition) is 0. The van der Waals surface area contributed by atoms with Gasteiger partial charge < -0.3 is 0 Å². The van der Waals surface area contributed by atoms with Crippen molar-refractivity contribution in [2.75, 3.05) is 5.88 Å². The highest BCUT2D eigenvalue weighted by Gasteiger charge is 2.02. The van der Waals surface area contributed by atoms with Gasteiger partial charge in [-0.3, -0.25) is 0 Å². The largest absolute Gasteiger partial charge is 0.127 e. The molecule has 1 radical (unpaired) electrons. The molecule has 0 saturated heterocycles. The molecule has 0 spiro atoms. The first kappa shape index (κ1) is 8.61. The summed E-state index contributed by atoms with van der Waals surface area (Å²) in [6.07, 6.45) is 0.950. The second kappa shape index (κ2) is 4.40. The summed E-state index contributed by atoms with van der Waals surface area (Å²) >= 11 is 5.61. The van der Waals surface area contributed by atoms with Crippen LogP contribution in [0.2, 0.25) is 0 Å². The third-order valence-electron chi connectivity index (χ3n) is 1.73. The van der Waals surface area contributed by atoms with Gasteiger partial charge >= 0.3 is 0 Å². The van der Waals surface area contributed by atoms with Crippen LogP contribution in [-0.4, -0.2) is 5.88 Å². The molecule has 0 aliphatic rings. The Hall–Kier alpha value is -0.490. The van der Waals surface area contributed by atoms with Crippen molar-refractivity contribution in [1.29, 1.82) is 0 Å². The SMILES string of the molecule is [CH2]C(CCCl)c1ccccc1. The van der Waals surface area contributed by atoms with Gasteiger partial charge in [-0.2, -0.15) is 0 Å². The van der Waals surface area contributed by atoms with Crippen LogP contribution in [-0.2, 0) is 0 Å². The highest BCUT2D eigenvalue weighted by atomic mass is 35.5. The first-order valence-corrected chi connectivity index (χ1v) is 4.32. The Morgan fingerprint density at radius 2 is 1.91 bits per heavy atom. The van der Waals surface area contributed by atoms with Crippen molar-refractivity contribution in [2.45, 2.75) is 12.3 Å². The van der Waals surface area contributed by atoms with Gasteiger partial charge in [-0.1, -0.05) is 30.3 Å². The van der Waals surface area contributed by atoms with E-state index in [0.29, 0.717) is 11.8 Å². The van der Waals surface area contributed by atoms with E-state index in [1.807, 2.05) is 18.2 Å². The maximum Gasteiger partial charge on any atom is 0.0229 e. The average Bonchev–Trinajstić information content (AvgIpc) is 2.07. The molecule has 1 unspecified atom stereocenters. The molecule has 1 heteroatoms. The van der Waals surface area contributed by atoms with Gasteiger partial charge in [0.05, 0.1) is 0 Å². The second-order valence-corrected chi connectivity index (χ2v) is 2.96. The van der Waals surface area contributed by atoms with E-state index < -0.39 is 0 Å². The molecule has 0 saturated carbocycles. The molecule has 0 aromatic heterocycles. The lowest BCUT2D eigenvalue weighted by Crippen LogP contribution is -1.93. The molecule has 1 atom stereocenters. The predicted octanol–water partition coefficient (Wildman–Crippen LogP) is 3.23. The molecule has 0 N–H and O–H groups in total. The van der Waals surface area contributed by atoms with Gasteiger partial charge in [0.2, 0.25) is 0 Å². The molecule has 0 aliphatic carbocycles. The fourth-order valence-corrected chi connectivity index (χ4v) is 1.29. The van der Waals surface area contributed by atoms with Crippen molar-refractivity contribution < 1.29 is 0 Å². The first-order chi connectivity index (χ1) is 5.34. The van der Waals surface area contributed by atoms with E-state index in [-0.39, 0.29) is 0 Å². The fraction of sp³-hybridized carbons (Fsp3) is 0.300. The number of alkyl halides is 1. The standard InChI is InChI=1S/C10H12Cl/c1-9(7-8-11)10-5-3-2-4-6-10/h2-6,9H,1,7-8H2. The van der Waals surface area contributed by atoms with Crippen LogP contribution in [0.1, 0.15) is 17.9 Å². The van der Waals surface area contributed by atoms with Crippen LogP contribution in [0.5, 0.6) is 0 Å². The Labute approximate surface area is 73.2 Å². The van der Waals surface area contributed by atoms with Gasteiger partial charge in [0, 0.05) is 5.88 Å². The molecule has 0 amide bonds. The summed E-state index contributed by atoms with van der Waals surface area (Å²) in [5.41, 5.74) is 1.27. The van der Waals surface area contributed by atoms with E-state index in [1.165, 1.54) is 5.56 Å². The van der Waals surface area contributed by atoms with Gasteiger partial charge in [0.25, 0.3) is 0 Å². The van der Waals surface area contributed by atoms with Crippen LogP contribution < -0.4 is 0 Å². The van der Waals surface area contributed by atoms with Crippen molar-refractivity contribution in [3.8, 4) is 0 Å². The quantitative estimate of drug-likeness (QED) is 0.607. The molecular weight excluding hydrogens is 156 g/mol. The Balaban J connectivity index is 2.61. The molecule has 0 nitrogen and oxygen atoms in total. The van der Waals surface area contributed by atoms with Crippen molar-refractivity contribution in [3.63, 3.8) is 0 Å². The van der Waals surface area contributed by atoms with Gasteiger partial charge in [0.1, 0.15) is 0 Å². The monoisotopic (exact) mass is 167 g/mol. The molecule has 0 heterocycles. The molecule has 59 valence electrons. The summed E-state index contributed by atoms with van der Waals surface area (Å²) in [7, 11) is 0. The average molecular weight is 168 g/mol. The van der Waals surface area contributed by atoms with Crippen LogP contribution in [0.3, 0.4) is 0 Å². The summed E-state index contributed by atoms with van der Waals surface area (Å²) in [5, 5.41) is 0. The third kappa shape index (κ3) is 2.55. The van der Waals surface area contributed by atoms with E-state index in [1.54, 1.807) is 0 Å². The molecule has 0 fully saturated rings. The summed E-state index contributed by atoms with van der Waals surface area (Å²) in [6.45, 7) is 4.01. The van der Waals surface area contributed by atoms with Crippen LogP contribution in [0.4, 0.5) is 0 Å². The Morgan fingerprint density at radius 1 is 1.27 bits per heavy atom. The van der Waals surface area contributed by atoms with E-state index in [9.17, 15) is 0 Å². The fourth-order valence-electron chi connectivity index (χ4n) is 1.02. The Kier molecular flexibility index (Phi) is 3.44. The lowest BCUT2D eigenvalue weighted by molar-refractivity contribution is 0.807. The van der Waals surface area contributed by atoms with Crippen LogP contribution >= 0.6 is 11.6 Å². The molecule has 1 rings (SSSR count). The van der Waals surface area contributed by atoms with Crippen molar-refractivity contribution in [2.24, 2.45) is 0 Å². The first-order valence-electron chi connectivity index (χ1n) is 3.78. The molecule has 0 bridgehead atoms.